The Balaban J connectivity index is 1.99. The highest BCUT2D eigenvalue weighted by Gasteiger charge is 2.27. The van der Waals surface area contributed by atoms with Crippen molar-refractivity contribution in [2.24, 2.45) is 0 Å². The molecule has 2 heterocycles. The lowest BCUT2D eigenvalue weighted by Gasteiger charge is -2.07. The lowest BCUT2D eigenvalue weighted by atomic mass is 10.2. The van der Waals surface area contributed by atoms with Crippen LogP contribution in [0.15, 0.2) is 35.4 Å². The molecule has 3 rings (SSSR count). The molecule has 3 aromatic rings. The third kappa shape index (κ3) is 3.22. The number of sulfonamides is 1. The lowest BCUT2D eigenvalue weighted by molar-refractivity contribution is 0.571. The SMILES string of the molecule is CCc1nc2sc(C(C)C)nn2c1S(=O)(=O)NCc1ccccc1. The van der Waals surface area contributed by atoms with Crippen LogP contribution >= 0.6 is 11.3 Å². The van der Waals surface area contributed by atoms with Crippen LogP contribution in [0.2, 0.25) is 0 Å². The standard InChI is InChI=1S/C16H20N4O2S2/c1-4-13-15(20-16(18-13)23-14(19-20)11(2)3)24(21,22)17-10-12-8-6-5-7-9-12/h5-9,11,17H,4,10H2,1-3H3. The summed E-state index contributed by atoms with van der Waals surface area (Å²) in [6, 6.07) is 9.43. The van der Waals surface area contributed by atoms with E-state index in [9.17, 15) is 8.42 Å². The first-order valence-electron chi connectivity index (χ1n) is 7.84. The fourth-order valence-corrected chi connectivity index (χ4v) is 4.69. The number of nitrogens with zero attached hydrogens (tertiary/aromatic N) is 3. The summed E-state index contributed by atoms with van der Waals surface area (Å²) < 4.78 is 29.8. The first-order chi connectivity index (χ1) is 11.4. The quantitative estimate of drug-likeness (QED) is 0.729. The summed E-state index contributed by atoms with van der Waals surface area (Å²) in [4.78, 5) is 5.08. The summed E-state index contributed by atoms with van der Waals surface area (Å²) >= 11 is 1.43. The van der Waals surface area contributed by atoms with Gasteiger partial charge in [0, 0.05) is 12.5 Å². The van der Waals surface area contributed by atoms with Crippen LogP contribution in [0.1, 0.15) is 43.0 Å². The number of fused-ring (bicyclic) bond motifs is 1. The molecular weight excluding hydrogens is 344 g/mol. The van der Waals surface area contributed by atoms with E-state index in [-0.39, 0.29) is 17.5 Å². The molecule has 0 saturated carbocycles. The second-order valence-corrected chi connectivity index (χ2v) is 8.49. The molecule has 0 spiro atoms. The van der Waals surface area contributed by atoms with E-state index in [1.165, 1.54) is 15.9 Å². The number of hydrogen-bond donors (Lipinski definition) is 1. The van der Waals surface area contributed by atoms with Crippen molar-refractivity contribution in [2.75, 3.05) is 0 Å². The number of nitrogens with one attached hydrogen (secondary N) is 1. The first-order valence-corrected chi connectivity index (χ1v) is 10.1. The largest absolute Gasteiger partial charge is 0.260 e. The maximum atomic E-state index is 12.8. The Morgan fingerprint density at radius 1 is 1.25 bits per heavy atom. The highest BCUT2D eigenvalue weighted by atomic mass is 32.2. The van der Waals surface area contributed by atoms with Crippen molar-refractivity contribution in [1.29, 1.82) is 0 Å². The molecule has 0 unspecified atom stereocenters. The van der Waals surface area contributed by atoms with Crippen LogP contribution in [-0.2, 0) is 23.0 Å². The van der Waals surface area contributed by atoms with Crippen LogP contribution < -0.4 is 4.72 Å². The summed E-state index contributed by atoms with van der Waals surface area (Å²) in [5.41, 5.74) is 1.45. The van der Waals surface area contributed by atoms with E-state index in [0.29, 0.717) is 17.1 Å². The topological polar surface area (TPSA) is 76.4 Å². The Morgan fingerprint density at radius 2 is 1.96 bits per heavy atom. The minimum Gasteiger partial charge on any atom is -0.221 e. The molecule has 8 heteroatoms. The van der Waals surface area contributed by atoms with Crippen LogP contribution in [0, 0.1) is 0 Å². The van der Waals surface area contributed by atoms with Gasteiger partial charge >= 0.3 is 0 Å². The molecule has 6 nitrogen and oxygen atoms in total. The maximum absolute atomic E-state index is 12.8. The highest BCUT2D eigenvalue weighted by molar-refractivity contribution is 7.89. The van der Waals surface area contributed by atoms with Gasteiger partial charge in [-0.05, 0) is 12.0 Å². The van der Waals surface area contributed by atoms with Gasteiger partial charge in [0.2, 0.25) is 4.96 Å². The Labute approximate surface area is 145 Å². The van der Waals surface area contributed by atoms with E-state index >= 15 is 0 Å². The number of hydrogen-bond acceptors (Lipinski definition) is 5. The van der Waals surface area contributed by atoms with Gasteiger partial charge in [-0.1, -0.05) is 62.4 Å². The summed E-state index contributed by atoms with van der Waals surface area (Å²) in [6.07, 6.45) is 0.536. The van der Waals surface area contributed by atoms with Crippen LogP contribution in [-0.4, -0.2) is 23.0 Å². The zero-order valence-corrected chi connectivity index (χ0v) is 15.5. The summed E-state index contributed by atoms with van der Waals surface area (Å²) in [7, 11) is -3.70. The van der Waals surface area contributed by atoms with Gasteiger partial charge in [0.15, 0.2) is 5.03 Å². The van der Waals surface area contributed by atoms with Gasteiger partial charge in [-0.2, -0.15) is 9.61 Å². The van der Waals surface area contributed by atoms with Gasteiger partial charge in [-0.15, -0.1) is 0 Å². The van der Waals surface area contributed by atoms with Crippen molar-refractivity contribution in [3.8, 4) is 0 Å². The van der Waals surface area contributed by atoms with Gasteiger partial charge in [0.25, 0.3) is 10.0 Å². The number of imidazole rings is 1. The van der Waals surface area contributed by atoms with E-state index in [1.807, 2.05) is 51.1 Å². The van der Waals surface area contributed by atoms with Gasteiger partial charge in [0.1, 0.15) is 5.01 Å². The number of rotatable bonds is 6. The van der Waals surface area contributed by atoms with E-state index in [4.69, 9.17) is 0 Å². The average Bonchev–Trinajstić information content (AvgIpc) is 3.11. The third-order valence-corrected chi connectivity index (χ3v) is 6.29. The van der Waals surface area contributed by atoms with Crippen LogP contribution in [0.3, 0.4) is 0 Å². The molecule has 0 atom stereocenters. The molecule has 0 aliphatic carbocycles. The molecule has 1 aromatic carbocycles. The molecule has 24 heavy (non-hydrogen) atoms. The molecular formula is C16H20N4O2S2. The second kappa shape index (κ2) is 6.62. The second-order valence-electron chi connectivity index (χ2n) is 5.82. The van der Waals surface area contributed by atoms with Crippen molar-refractivity contribution in [3.05, 3.63) is 46.6 Å². The third-order valence-electron chi connectivity index (χ3n) is 3.64. The Morgan fingerprint density at radius 3 is 2.58 bits per heavy atom. The number of benzene rings is 1. The van der Waals surface area contributed by atoms with E-state index in [0.717, 1.165) is 10.6 Å². The molecule has 0 radical (unpaired) electrons. The molecule has 0 saturated heterocycles. The van der Waals surface area contributed by atoms with E-state index in [1.54, 1.807) is 0 Å². The van der Waals surface area contributed by atoms with Gasteiger partial charge in [-0.25, -0.2) is 18.1 Å². The average molecular weight is 364 g/mol. The van der Waals surface area contributed by atoms with Crippen LogP contribution in [0.25, 0.3) is 4.96 Å². The van der Waals surface area contributed by atoms with Gasteiger partial charge in [0.05, 0.1) is 5.69 Å². The van der Waals surface area contributed by atoms with E-state index < -0.39 is 10.0 Å². The van der Waals surface area contributed by atoms with Crippen molar-refractivity contribution in [3.63, 3.8) is 0 Å². The highest BCUT2D eigenvalue weighted by Crippen LogP contribution is 2.26. The van der Waals surface area contributed by atoms with Crippen molar-refractivity contribution in [1.82, 2.24) is 19.3 Å². The molecule has 2 aromatic heterocycles. The predicted octanol–water partition coefficient (Wildman–Crippen LogP) is 2.96. The fraction of sp³-hybridized carbons (Fsp3) is 0.375. The van der Waals surface area contributed by atoms with Crippen LogP contribution in [0.5, 0.6) is 0 Å². The van der Waals surface area contributed by atoms with Crippen molar-refractivity contribution >= 4 is 26.3 Å². The minimum absolute atomic E-state index is 0.152. The molecule has 128 valence electrons. The minimum atomic E-state index is -3.70. The zero-order chi connectivity index (χ0) is 17.3. The Bertz CT molecular complexity index is 943. The molecule has 0 bridgehead atoms. The molecule has 0 amide bonds. The summed E-state index contributed by atoms with van der Waals surface area (Å²) in [5, 5.41) is 5.48. The number of aryl methyl sites for hydroxylation is 1. The normalized spacial score (nSPS) is 12.3. The van der Waals surface area contributed by atoms with Gasteiger partial charge in [-0.3, -0.25) is 0 Å². The first kappa shape index (κ1) is 17.1. The summed E-state index contributed by atoms with van der Waals surface area (Å²) in [5.74, 6) is 0.231. The Hall–Kier alpha value is -1.77. The fourth-order valence-electron chi connectivity index (χ4n) is 2.36. The predicted molar refractivity (Wildman–Crippen MR) is 94.8 cm³/mol. The lowest BCUT2D eigenvalue weighted by Crippen LogP contribution is -2.25. The maximum Gasteiger partial charge on any atom is 0.260 e. The smallest absolute Gasteiger partial charge is 0.221 e. The monoisotopic (exact) mass is 364 g/mol. The molecule has 0 aliphatic heterocycles. The van der Waals surface area contributed by atoms with Crippen LogP contribution in [0.4, 0.5) is 0 Å². The molecule has 0 fully saturated rings. The summed E-state index contributed by atoms with van der Waals surface area (Å²) in [6.45, 7) is 6.19. The zero-order valence-electron chi connectivity index (χ0n) is 13.9. The van der Waals surface area contributed by atoms with Crippen molar-refractivity contribution in [2.45, 2.75) is 44.7 Å². The van der Waals surface area contributed by atoms with E-state index in [2.05, 4.69) is 14.8 Å². The van der Waals surface area contributed by atoms with Gasteiger partial charge < -0.3 is 0 Å². The van der Waals surface area contributed by atoms with Crippen molar-refractivity contribution < 1.29 is 8.42 Å². The molecule has 1 N–H and O–H groups in total. The molecule has 0 aliphatic rings. The number of aromatic nitrogens is 3. The Kier molecular flexibility index (Phi) is 4.71.